The largest absolute Gasteiger partial charge is 0.341 e. The molecule has 0 atom stereocenters. The lowest BCUT2D eigenvalue weighted by molar-refractivity contribution is 0.234. The molecule has 0 aliphatic carbocycles. The number of benzene rings is 1. The van der Waals surface area contributed by atoms with Crippen molar-refractivity contribution in [3.63, 3.8) is 0 Å². The van der Waals surface area contributed by atoms with E-state index in [-0.39, 0.29) is 4.90 Å². The summed E-state index contributed by atoms with van der Waals surface area (Å²) in [4.78, 5) is -0.389. The van der Waals surface area contributed by atoms with Crippen molar-refractivity contribution in [3.8, 4) is 0 Å². The number of rotatable bonds is 4. The van der Waals surface area contributed by atoms with Crippen molar-refractivity contribution >= 4 is 9.84 Å². The molecule has 0 radical (unpaired) electrons. The first-order chi connectivity index (χ1) is 8.50. The van der Waals surface area contributed by atoms with E-state index in [1.54, 1.807) is 6.20 Å². The minimum Gasteiger partial charge on any atom is -0.248 e. The Morgan fingerprint density at radius 3 is 2.39 bits per heavy atom. The molecule has 0 amide bonds. The van der Waals surface area contributed by atoms with E-state index in [0.717, 1.165) is 17.7 Å². The molecule has 0 bridgehead atoms. The van der Waals surface area contributed by atoms with Gasteiger partial charge in [-0.3, -0.25) is 0 Å². The molecule has 1 aromatic heterocycles. The van der Waals surface area contributed by atoms with E-state index in [4.69, 9.17) is 0 Å². The summed E-state index contributed by atoms with van der Waals surface area (Å²) in [5.41, 5.74) is 0.744. The molecule has 0 aliphatic rings. The Kier molecular flexibility index (Phi) is 3.37. The van der Waals surface area contributed by atoms with Gasteiger partial charge in [-0.2, -0.15) is 8.78 Å². The number of alkyl halides is 2. The van der Waals surface area contributed by atoms with Gasteiger partial charge in [0.05, 0.1) is 17.6 Å². The molecule has 5 nitrogen and oxygen atoms in total. The highest BCUT2D eigenvalue weighted by molar-refractivity contribution is 7.91. The Balaban J connectivity index is 2.21. The highest BCUT2D eigenvalue weighted by atomic mass is 32.2. The van der Waals surface area contributed by atoms with Crippen LogP contribution in [0.1, 0.15) is 5.56 Å². The molecule has 2 aromatic rings. The second-order valence-electron chi connectivity index (χ2n) is 3.55. The average Bonchev–Trinajstić information content (AvgIpc) is 2.82. The van der Waals surface area contributed by atoms with Gasteiger partial charge in [0.15, 0.2) is 0 Å². The van der Waals surface area contributed by atoms with Crippen LogP contribution in [0.2, 0.25) is 0 Å². The quantitative estimate of drug-likeness (QED) is 0.842. The zero-order valence-corrected chi connectivity index (χ0v) is 9.89. The summed E-state index contributed by atoms with van der Waals surface area (Å²) in [6.07, 6.45) is 3.15. The zero-order valence-electron chi connectivity index (χ0n) is 9.07. The third-order valence-corrected chi connectivity index (χ3v) is 3.70. The molecule has 96 valence electrons. The molecule has 2 rings (SSSR count). The second kappa shape index (κ2) is 4.81. The van der Waals surface area contributed by atoms with E-state index in [2.05, 4.69) is 10.3 Å². The number of aromatic nitrogens is 3. The first-order valence-corrected chi connectivity index (χ1v) is 6.50. The van der Waals surface area contributed by atoms with Gasteiger partial charge in [-0.25, -0.2) is 13.1 Å². The van der Waals surface area contributed by atoms with E-state index in [9.17, 15) is 17.2 Å². The molecule has 1 heterocycles. The van der Waals surface area contributed by atoms with Crippen LogP contribution in [0.25, 0.3) is 0 Å². The van der Waals surface area contributed by atoms with Crippen molar-refractivity contribution in [1.29, 1.82) is 0 Å². The second-order valence-corrected chi connectivity index (χ2v) is 5.47. The number of hydrogen-bond donors (Lipinski definition) is 0. The third kappa shape index (κ3) is 2.53. The maximum Gasteiger partial charge on any atom is 0.341 e. The molecule has 0 N–H and O–H groups in total. The lowest BCUT2D eigenvalue weighted by Gasteiger charge is -2.05. The van der Waals surface area contributed by atoms with Crippen LogP contribution < -0.4 is 0 Å². The maximum absolute atomic E-state index is 12.3. The van der Waals surface area contributed by atoms with Gasteiger partial charge >= 0.3 is 5.76 Å². The first-order valence-electron chi connectivity index (χ1n) is 4.95. The van der Waals surface area contributed by atoms with Gasteiger partial charge in [-0.05, 0) is 17.7 Å². The molecule has 0 unspecified atom stereocenters. The van der Waals surface area contributed by atoms with Crippen LogP contribution >= 0.6 is 0 Å². The van der Waals surface area contributed by atoms with E-state index >= 15 is 0 Å². The van der Waals surface area contributed by atoms with Crippen molar-refractivity contribution in [2.45, 2.75) is 17.2 Å². The fraction of sp³-hybridized carbons (Fsp3) is 0.200. The summed E-state index contributed by atoms with van der Waals surface area (Å²) >= 11 is 0. The summed E-state index contributed by atoms with van der Waals surface area (Å²) in [7, 11) is -4.52. The van der Waals surface area contributed by atoms with Crippen LogP contribution in [0.15, 0.2) is 41.6 Å². The van der Waals surface area contributed by atoms with Gasteiger partial charge in [0.1, 0.15) is 0 Å². The van der Waals surface area contributed by atoms with Crippen molar-refractivity contribution < 1.29 is 17.2 Å². The Morgan fingerprint density at radius 1 is 1.22 bits per heavy atom. The molecular formula is C10H9F2N3O2S. The normalized spacial score (nSPS) is 11.9. The third-order valence-electron chi connectivity index (χ3n) is 2.30. The standard InChI is InChI=1S/C10H9F2N3O2S/c11-10(12)18(16,17)9-3-1-8(2-4-9)7-15-6-5-13-14-15/h1-6,10H,7H2. The van der Waals surface area contributed by atoms with Crippen LogP contribution in [0.5, 0.6) is 0 Å². The Labute approximate surface area is 102 Å². The minimum absolute atomic E-state index is 0.389. The minimum atomic E-state index is -4.52. The summed E-state index contributed by atoms with van der Waals surface area (Å²) in [6, 6.07) is 5.26. The Bertz CT molecular complexity index is 609. The van der Waals surface area contributed by atoms with Crippen LogP contribution in [0.4, 0.5) is 8.78 Å². The molecular weight excluding hydrogens is 264 g/mol. The molecule has 8 heteroatoms. The lowest BCUT2D eigenvalue weighted by Crippen LogP contribution is -2.11. The van der Waals surface area contributed by atoms with Crippen molar-refractivity contribution in [3.05, 3.63) is 42.2 Å². The monoisotopic (exact) mass is 273 g/mol. The molecule has 18 heavy (non-hydrogen) atoms. The summed E-state index contributed by atoms with van der Waals surface area (Å²) in [6.45, 7) is 0.398. The predicted molar refractivity (Wildman–Crippen MR) is 58.8 cm³/mol. The molecule has 0 saturated heterocycles. The van der Waals surface area contributed by atoms with Gasteiger partial charge < -0.3 is 0 Å². The summed E-state index contributed by atoms with van der Waals surface area (Å²) in [5.74, 6) is -3.40. The number of sulfone groups is 1. The van der Waals surface area contributed by atoms with E-state index < -0.39 is 15.6 Å². The van der Waals surface area contributed by atoms with Crippen LogP contribution in [0, 0.1) is 0 Å². The molecule has 0 spiro atoms. The number of hydrogen-bond acceptors (Lipinski definition) is 4. The predicted octanol–water partition coefficient (Wildman–Crippen LogP) is 1.32. The fourth-order valence-electron chi connectivity index (χ4n) is 1.39. The SMILES string of the molecule is O=S(=O)(c1ccc(Cn2ccnn2)cc1)C(F)F. The van der Waals surface area contributed by atoms with Crippen molar-refractivity contribution in [1.82, 2.24) is 15.0 Å². The summed E-state index contributed by atoms with van der Waals surface area (Å²) in [5, 5.41) is 7.36. The number of nitrogens with zero attached hydrogens (tertiary/aromatic N) is 3. The van der Waals surface area contributed by atoms with E-state index in [0.29, 0.717) is 6.54 Å². The van der Waals surface area contributed by atoms with Crippen molar-refractivity contribution in [2.24, 2.45) is 0 Å². The summed E-state index contributed by atoms with van der Waals surface area (Å²) < 4.78 is 48.5. The van der Waals surface area contributed by atoms with Gasteiger partial charge in [0.2, 0.25) is 9.84 Å². The van der Waals surface area contributed by atoms with Gasteiger partial charge in [-0.1, -0.05) is 17.3 Å². The smallest absolute Gasteiger partial charge is 0.248 e. The van der Waals surface area contributed by atoms with Crippen molar-refractivity contribution in [2.75, 3.05) is 0 Å². The van der Waals surface area contributed by atoms with Crippen LogP contribution in [-0.2, 0) is 16.4 Å². The average molecular weight is 273 g/mol. The Hall–Kier alpha value is -1.83. The van der Waals surface area contributed by atoms with E-state index in [1.807, 2.05) is 0 Å². The van der Waals surface area contributed by atoms with Gasteiger partial charge in [-0.15, -0.1) is 5.10 Å². The highest BCUT2D eigenvalue weighted by Crippen LogP contribution is 2.18. The van der Waals surface area contributed by atoms with Crippen LogP contribution in [-0.4, -0.2) is 29.2 Å². The zero-order chi connectivity index (χ0) is 13.2. The van der Waals surface area contributed by atoms with E-state index in [1.165, 1.54) is 23.0 Å². The maximum atomic E-state index is 12.3. The Morgan fingerprint density at radius 2 is 1.89 bits per heavy atom. The lowest BCUT2D eigenvalue weighted by atomic mass is 10.2. The van der Waals surface area contributed by atoms with Gasteiger partial charge in [0, 0.05) is 6.20 Å². The van der Waals surface area contributed by atoms with Gasteiger partial charge in [0.25, 0.3) is 0 Å². The molecule has 1 aromatic carbocycles. The molecule has 0 aliphatic heterocycles. The topological polar surface area (TPSA) is 64.8 Å². The molecule has 0 fully saturated rings. The first kappa shape index (κ1) is 12.6. The number of halogens is 2. The van der Waals surface area contributed by atoms with Crippen LogP contribution in [0.3, 0.4) is 0 Å². The fourth-order valence-corrected chi connectivity index (χ4v) is 2.11. The highest BCUT2D eigenvalue weighted by Gasteiger charge is 2.26. The molecule has 0 saturated carbocycles.